The van der Waals surface area contributed by atoms with Gasteiger partial charge in [0.1, 0.15) is 0 Å². The summed E-state index contributed by atoms with van der Waals surface area (Å²) in [5, 5.41) is 2.93. The van der Waals surface area contributed by atoms with Gasteiger partial charge in [0, 0.05) is 43.2 Å². The summed E-state index contributed by atoms with van der Waals surface area (Å²) in [6.07, 6.45) is 1.39. The van der Waals surface area contributed by atoms with Crippen LogP contribution < -0.4 is 16.0 Å². The van der Waals surface area contributed by atoms with Crippen LogP contribution in [0.3, 0.4) is 0 Å². The predicted octanol–water partition coefficient (Wildman–Crippen LogP) is 2.69. The summed E-state index contributed by atoms with van der Waals surface area (Å²) in [7, 11) is 0. The molecule has 3 heterocycles. The molecule has 10 heteroatoms. The van der Waals surface area contributed by atoms with Gasteiger partial charge in [-0.05, 0) is 71.6 Å². The maximum atomic E-state index is 13.0. The molecule has 8 nitrogen and oxygen atoms in total. The van der Waals surface area contributed by atoms with Crippen LogP contribution in [0.15, 0.2) is 34.1 Å². The van der Waals surface area contributed by atoms with Crippen LogP contribution in [0.1, 0.15) is 44.9 Å². The number of piperidine rings is 1. The molecule has 2 aromatic rings. The number of rotatable bonds is 5. The lowest BCUT2D eigenvalue weighted by atomic mass is 9.95. The number of amides is 4. The maximum Gasteiger partial charge on any atom is 0.261 e. The van der Waals surface area contributed by atoms with Crippen molar-refractivity contribution in [3.8, 4) is 0 Å². The normalized spacial score (nSPS) is 19.1. The van der Waals surface area contributed by atoms with Gasteiger partial charge in [-0.25, -0.2) is 0 Å². The number of anilines is 1. The van der Waals surface area contributed by atoms with E-state index in [-0.39, 0.29) is 42.0 Å². The topological polar surface area (TPSA) is 113 Å². The zero-order valence-electron chi connectivity index (χ0n) is 18.2. The molecule has 0 radical (unpaired) electrons. The number of hydrogen-bond acceptors (Lipinski definition) is 5. The van der Waals surface area contributed by atoms with Gasteiger partial charge in [0.2, 0.25) is 11.8 Å². The number of nitrogens with zero attached hydrogens (tertiary/aromatic N) is 2. The number of likely N-dealkylation sites (tertiary alicyclic amines) is 1. The van der Waals surface area contributed by atoms with Crippen molar-refractivity contribution >= 4 is 56.6 Å². The fourth-order valence-electron chi connectivity index (χ4n) is 4.34. The highest BCUT2D eigenvalue weighted by atomic mass is 79.9. The van der Waals surface area contributed by atoms with E-state index >= 15 is 0 Å². The standard InChI is InChI=1S/C23H25BrN4O4S/c1-13-10-16(2-3-17(13)23(32)27-8-6-14(7-9-27)21(25)30)28-12-15(11-20(28)29)26-22(31)18-4-5-19(24)33-18/h2-5,10,14-15H,6-9,11-12H2,1H3,(H2,25,30)(H,26,31). The first kappa shape index (κ1) is 23.4. The molecular formula is C23H25BrN4O4S. The monoisotopic (exact) mass is 532 g/mol. The van der Waals surface area contributed by atoms with Crippen molar-refractivity contribution in [1.29, 1.82) is 0 Å². The van der Waals surface area contributed by atoms with Gasteiger partial charge in [0.15, 0.2) is 0 Å². The second-order valence-corrected chi connectivity index (χ2v) is 10.9. The van der Waals surface area contributed by atoms with Crippen molar-refractivity contribution < 1.29 is 19.2 Å². The maximum absolute atomic E-state index is 13.0. The van der Waals surface area contributed by atoms with Gasteiger partial charge < -0.3 is 20.9 Å². The van der Waals surface area contributed by atoms with Gasteiger partial charge in [-0.15, -0.1) is 11.3 Å². The summed E-state index contributed by atoms with van der Waals surface area (Å²) in [6.45, 7) is 3.23. The summed E-state index contributed by atoms with van der Waals surface area (Å²) in [4.78, 5) is 53.4. The van der Waals surface area contributed by atoms with E-state index in [0.29, 0.717) is 48.6 Å². The molecule has 1 aromatic heterocycles. The first-order chi connectivity index (χ1) is 15.7. The van der Waals surface area contributed by atoms with E-state index in [9.17, 15) is 19.2 Å². The summed E-state index contributed by atoms with van der Waals surface area (Å²) in [5.74, 6) is -0.826. The molecule has 2 fully saturated rings. The smallest absolute Gasteiger partial charge is 0.261 e. The van der Waals surface area contributed by atoms with E-state index < -0.39 is 0 Å². The van der Waals surface area contributed by atoms with E-state index in [2.05, 4.69) is 21.2 Å². The van der Waals surface area contributed by atoms with Crippen LogP contribution in [0.2, 0.25) is 0 Å². The van der Waals surface area contributed by atoms with Crippen molar-refractivity contribution in [2.45, 2.75) is 32.2 Å². The summed E-state index contributed by atoms with van der Waals surface area (Å²) in [5.41, 5.74) is 7.44. The number of nitrogens with two attached hydrogens (primary N) is 1. The van der Waals surface area contributed by atoms with E-state index in [0.717, 1.165) is 9.35 Å². The molecule has 2 aliphatic heterocycles. The van der Waals surface area contributed by atoms with E-state index in [1.807, 2.05) is 19.1 Å². The highest BCUT2D eigenvalue weighted by Crippen LogP contribution is 2.27. The number of carbonyl (C=O) groups excluding carboxylic acids is 4. The van der Waals surface area contributed by atoms with Crippen LogP contribution >= 0.6 is 27.3 Å². The minimum atomic E-state index is -0.310. The fourth-order valence-corrected chi connectivity index (χ4v) is 5.63. The molecule has 2 saturated heterocycles. The molecule has 1 unspecified atom stereocenters. The Morgan fingerprint density at radius 1 is 1.15 bits per heavy atom. The molecule has 1 atom stereocenters. The van der Waals surface area contributed by atoms with Crippen LogP contribution in [0.25, 0.3) is 0 Å². The average molecular weight is 533 g/mol. The zero-order chi connectivity index (χ0) is 23.7. The molecule has 174 valence electrons. The molecule has 0 spiro atoms. The average Bonchev–Trinajstić information content (AvgIpc) is 3.38. The third-order valence-corrected chi connectivity index (χ3v) is 7.82. The minimum Gasteiger partial charge on any atom is -0.369 e. The molecular weight excluding hydrogens is 508 g/mol. The number of nitrogens with one attached hydrogen (secondary N) is 1. The number of primary amides is 1. The van der Waals surface area contributed by atoms with Crippen molar-refractivity contribution in [2.24, 2.45) is 11.7 Å². The van der Waals surface area contributed by atoms with Gasteiger partial charge in [-0.2, -0.15) is 0 Å². The second-order valence-electron chi connectivity index (χ2n) is 8.45. The Hall–Kier alpha value is -2.72. The molecule has 4 amide bonds. The predicted molar refractivity (Wildman–Crippen MR) is 129 cm³/mol. The van der Waals surface area contributed by atoms with Crippen LogP contribution in [0.4, 0.5) is 5.69 Å². The highest BCUT2D eigenvalue weighted by Gasteiger charge is 2.33. The fraction of sp³-hybridized carbons (Fsp3) is 0.391. The number of benzene rings is 1. The van der Waals surface area contributed by atoms with Crippen LogP contribution in [0, 0.1) is 12.8 Å². The minimum absolute atomic E-state index is 0.0698. The van der Waals surface area contributed by atoms with Gasteiger partial charge in [-0.3, -0.25) is 19.2 Å². The van der Waals surface area contributed by atoms with Gasteiger partial charge in [0.05, 0.1) is 14.7 Å². The summed E-state index contributed by atoms with van der Waals surface area (Å²) < 4.78 is 0.874. The number of carbonyl (C=O) groups is 4. The van der Waals surface area contributed by atoms with Crippen molar-refractivity contribution in [3.05, 3.63) is 50.1 Å². The Morgan fingerprint density at radius 3 is 2.48 bits per heavy atom. The second kappa shape index (κ2) is 9.64. The van der Waals surface area contributed by atoms with Crippen molar-refractivity contribution in [3.63, 3.8) is 0 Å². The Kier molecular flexibility index (Phi) is 6.85. The molecule has 33 heavy (non-hydrogen) atoms. The molecule has 3 N–H and O–H groups in total. The van der Waals surface area contributed by atoms with Crippen molar-refractivity contribution in [2.75, 3.05) is 24.5 Å². The summed E-state index contributed by atoms with van der Waals surface area (Å²) >= 11 is 4.69. The van der Waals surface area contributed by atoms with E-state index in [4.69, 9.17) is 5.73 Å². The van der Waals surface area contributed by atoms with E-state index in [1.54, 1.807) is 28.0 Å². The molecule has 1 aromatic carbocycles. The SMILES string of the molecule is Cc1cc(N2CC(NC(=O)c3ccc(Br)s3)CC2=O)ccc1C(=O)N1CCC(C(N)=O)CC1. The highest BCUT2D eigenvalue weighted by molar-refractivity contribution is 9.11. The van der Waals surface area contributed by atoms with Crippen molar-refractivity contribution in [1.82, 2.24) is 10.2 Å². The molecule has 0 saturated carbocycles. The first-order valence-electron chi connectivity index (χ1n) is 10.8. The lowest BCUT2D eigenvalue weighted by Crippen LogP contribution is -2.42. The van der Waals surface area contributed by atoms with Gasteiger partial charge in [-0.1, -0.05) is 0 Å². The third-order valence-electron chi connectivity index (χ3n) is 6.19. The largest absolute Gasteiger partial charge is 0.369 e. The van der Waals surface area contributed by atoms with Crippen LogP contribution in [0.5, 0.6) is 0 Å². The number of halogens is 1. The number of hydrogen-bond donors (Lipinski definition) is 2. The van der Waals surface area contributed by atoms with Crippen LogP contribution in [-0.4, -0.2) is 54.2 Å². The molecule has 0 aliphatic carbocycles. The van der Waals surface area contributed by atoms with Gasteiger partial charge in [0.25, 0.3) is 11.8 Å². The Morgan fingerprint density at radius 2 is 1.88 bits per heavy atom. The lowest BCUT2D eigenvalue weighted by Gasteiger charge is -2.31. The Labute approximate surface area is 204 Å². The molecule has 4 rings (SSSR count). The zero-order valence-corrected chi connectivity index (χ0v) is 20.6. The van der Waals surface area contributed by atoms with E-state index in [1.165, 1.54) is 11.3 Å². The third kappa shape index (κ3) is 5.11. The van der Waals surface area contributed by atoms with Crippen LogP contribution in [-0.2, 0) is 9.59 Å². The number of aryl methyl sites for hydroxylation is 1. The Balaban J connectivity index is 1.40. The quantitative estimate of drug-likeness (QED) is 0.616. The number of thiophene rings is 1. The first-order valence-corrected chi connectivity index (χ1v) is 12.4. The molecule has 0 bridgehead atoms. The summed E-state index contributed by atoms with van der Waals surface area (Å²) in [6, 6.07) is 8.64. The van der Waals surface area contributed by atoms with Gasteiger partial charge >= 0.3 is 0 Å². The molecule has 2 aliphatic rings. The Bertz CT molecular complexity index is 1110. The lowest BCUT2D eigenvalue weighted by molar-refractivity contribution is -0.123.